The van der Waals surface area contributed by atoms with Crippen molar-refractivity contribution in [2.45, 2.75) is 0 Å². The normalized spacial score (nSPS) is 0. The Balaban J connectivity index is 0. The molecule has 0 aromatic heterocycles. The summed E-state index contributed by atoms with van der Waals surface area (Å²) in [5.41, 5.74) is 0. The van der Waals surface area contributed by atoms with Crippen molar-refractivity contribution in [2.75, 3.05) is 0 Å². The first-order valence-electron chi connectivity index (χ1n) is 0. The van der Waals surface area contributed by atoms with Crippen molar-refractivity contribution < 1.29 is 127 Å². The topological polar surface area (TPSA) is 158 Å². The van der Waals surface area contributed by atoms with Crippen LogP contribution >= 0.6 is 0 Å². The summed E-state index contributed by atoms with van der Waals surface area (Å²) < 4.78 is 0. The molecule has 0 aromatic rings. The molecular weight excluding hydrogens is 304 g/mol. The maximum Gasteiger partial charge on any atom is 1.00 e. The molecule has 0 aliphatic heterocycles. The van der Waals surface area contributed by atoms with Crippen LogP contribution in [0.4, 0.5) is 0 Å². The third-order valence-corrected chi connectivity index (χ3v) is 0. The van der Waals surface area contributed by atoms with Gasteiger partial charge < -0.3 is 30.2 Å². The van der Waals surface area contributed by atoms with Crippen LogP contribution in [-0.4, -0.2) is 27.4 Å². The van der Waals surface area contributed by atoms with Crippen LogP contribution in [0.1, 0.15) is 2.85 Å². The average molecular weight is 316 g/mol. The van der Waals surface area contributed by atoms with Gasteiger partial charge in [-0.05, 0) is 0 Å². The molecule has 0 rings (SSSR count). The Kier molecular flexibility index (Phi) is 3640. The van der Waals surface area contributed by atoms with Crippen molar-refractivity contribution in [1.29, 1.82) is 0 Å². The molecule has 0 atom stereocenters. The molecule has 0 spiro atoms. The van der Waals surface area contributed by atoms with Gasteiger partial charge in [0.25, 0.3) is 0 Å². The van der Waals surface area contributed by atoms with E-state index in [1.54, 1.807) is 0 Å². The molecule has 0 aliphatic rings. The SMILES string of the molecule is O.O.O.O.O.[Ag].[H-].[H-].[Li+].[Li+].[V].[V]. The zero-order valence-corrected chi connectivity index (χ0v) is 9.97. The van der Waals surface area contributed by atoms with Crippen LogP contribution in [0.3, 0.4) is 0 Å². The van der Waals surface area contributed by atoms with Gasteiger partial charge in [0.2, 0.25) is 0 Å². The summed E-state index contributed by atoms with van der Waals surface area (Å²) in [6, 6.07) is 0. The van der Waals surface area contributed by atoms with Crippen molar-refractivity contribution in [3.8, 4) is 0 Å². The minimum atomic E-state index is 0. The van der Waals surface area contributed by atoms with Crippen molar-refractivity contribution in [2.24, 2.45) is 0 Å². The zero-order valence-electron chi connectivity index (χ0n) is 7.70. The van der Waals surface area contributed by atoms with Gasteiger partial charge in [0.05, 0.1) is 0 Å². The van der Waals surface area contributed by atoms with E-state index in [2.05, 4.69) is 0 Å². The molecule has 0 amide bonds. The minimum absolute atomic E-state index is 0. The fourth-order valence-electron chi connectivity index (χ4n) is 0. The van der Waals surface area contributed by atoms with Gasteiger partial charge in [0, 0.05) is 59.5 Å². The Morgan fingerprint density at radius 1 is 0.500 bits per heavy atom. The van der Waals surface area contributed by atoms with Crippen LogP contribution < -0.4 is 37.7 Å². The minimum Gasteiger partial charge on any atom is -1.00 e. The van der Waals surface area contributed by atoms with Crippen molar-refractivity contribution >= 4 is 0 Å². The Hall–Kier alpha value is 2.90. The molecule has 3 radical (unpaired) electrons. The van der Waals surface area contributed by atoms with Crippen LogP contribution in [0.25, 0.3) is 0 Å². The fourth-order valence-corrected chi connectivity index (χ4v) is 0. The van der Waals surface area contributed by atoms with Crippen LogP contribution in [0.2, 0.25) is 0 Å². The molecule has 0 aliphatic carbocycles. The van der Waals surface area contributed by atoms with Gasteiger partial charge in [-0.3, -0.25) is 0 Å². The maximum absolute atomic E-state index is 0. The summed E-state index contributed by atoms with van der Waals surface area (Å²) in [4.78, 5) is 0. The summed E-state index contributed by atoms with van der Waals surface area (Å²) in [6.45, 7) is 0. The molecule has 0 saturated heterocycles. The smallest absolute Gasteiger partial charge is 1.00 e. The molecular formula is H12AgLi2O5V2. The van der Waals surface area contributed by atoms with E-state index in [0.717, 1.165) is 0 Å². The third kappa shape index (κ3) is 127. The molecule has 0 saturated carbocycles. The van der Waals surface area contributed by atoms with E-state index in [1.165, 1.54) is 0 Å². The summed E-state index contributed by atoms with van der Waals surface area (Å²) in [5, 5.41) is 0. The van der Waals surface area contributed by atoms with E-state index in [9.17, 15) is 0 Å². The van der Waals surface area contributed by atoms with E-state index in [0.29, 0.717) is 0 Å². The van der Waals surface area contributed by atoms with E-state index < -0.39 is 0 Å². The molecule has 10 N–H and O–H groups in total. The second kappa shape index (κ2) is 168. The van der Waals surface area contributed by atoms with Crippen LogP contribution in [0.15, 0.2) is 0 Å². The Morgan fingerprint density at radius 3 is 0.500 bits per heavy atom. The van der Waals surface area contributed by atoms with E-state index in [1.807, 2.05) is 0 Å². The van der Waals surface area contributed by atoms with E-state index >= 15 is 0 Å². The Labute approximate surface area is 126 Å². The van der Waals surface area contributed by atoms with Gasteiger partial charge in [-0.2, -0.15) is 0 Å². The van der Waals surface area contributed by atoms with Crippen molar-refractivity contribution in [3.05, 3.63) is 0 Å². The van der Waals surface area contributed by atoms with Gasteiger partial charge in [0.1, 0.15) is 0 Å². The zero-order chi connectivity index (χ0) is 0. The van der Waals surface area contributed by atoms with E-state index in [-0.39, 0.29) is 127 Å². The van der Waals surface area contributed by atoms with Gasteiger partial charge in [-0.25, -0.2) is 0 Å². The molecule has 0 bridgehead atoms. The largest absolute Gasteiger partial charge is 1.00 e. The Bertz CT molecular complexity index is 25.4. The maximum atomic E-state index is 0. The first kappa shape index (κ1) is 217. The fraction of sp³-hybridized carbons (Fsp3) is 0. The third-order valence-electron chi connectivity index (χ3n) is 0. The molecule has 65 valence electrons. The average Bonchev–Trinajstić information content (AvgIpc) is 0. The van der Waals surface area contributed by atoms with Crippen LogP contribution in [0.5, 0.6) is 0 Å². The molecule has 0 fully saturated rings. The number of rotatable bonds is 0. The summed E-state index contributed by atoms with van der Waals surface area (Å²) >= 11 is 0. The quantitative estimate of drug-likeness (QED) is 0.389. The van der Waals surface area contributed by atoms with Gasteiger partial charge in [-0.1, -0.05) is 0 Å². The molecule has 10 heavy (non-hydrogen) atoms. The number of hydrogen-bond donors (Lipinski definition) is 0. The van der Waals surface area contributed by atoms with Gasteiger partial charge in [0.15, 0.2) is 0 Å². The Morgan fingerprint density at radius 2 is 0.500 bits per heavy atom. The van der Waals surface area contributed by atoms with Crippen LogP contribution in [0, 0.1) is 0 Å². The molecule has 0 unspecified atom stereocenters. The molecule has 5 nitrogen and oxygen atoms in total. The standard InChI is InChI=1S/Ag.2Li.5H2O.2V.2H/h;;;5*1H2;;;;/q;2*+1;;;;;;;;2*-1. The van der Waals surface area contributed by atoms with Gasteiger partial charge in [-0.15, -0.1) is 0 Å². The molecule has 10 heteroatoms. The summed E-state index contributed by atoms with van der Waals surface area (Å²) in [6.07, 6.45) is 0. The van der Waals surface area contributed by atoms with Crippen LogP contribution in [-0.2, 0) is 59.5 Å². The predicted octanol–water partition coefficient (Wildman–Crippen LogP) is -9.90. The van der Waals surface area contributed by atoms with Crippen molar-refractivity contribution in [3.63, 3.8) is 0 Å². The first-order valence-corrected chi connectivity index (χ1v) is 0. The van der Waals surface area contributed by atoms with Gasteiger partial charge >= 0.3 is 37.7 Å². The molecule has 0 heterocycles. The second-order valence-corrected chi connectivity index (χ2v) is 0. The van der Waals surface area contributed by atoms with Crippen molar-refractivity contribution in [1.82, 2.24) is 0 Å². The predicted molar refractivity (Wildman–Crippen MR) is 20.3 cm³/mol. The monoisotopic (exact) mass is 315 g/mol. The number of hydrogen-bond acceptors (Lipinski definition) is 0. The summed E-state index contributed by atoms with van der Waals surface area (Å²) in [7, 11) is 0. The summed E-state index contributed by atoms with van der Waals surface area (Å²) in [5.74, 6) is 0. The molecule has 0 aromatic carbocycles. The van der Waals surface area contributed by atoms with E-state index in [4.69, 9.17) is 0 Å². The second-order valence-electron chi connectivity index (χ2n) is 0. The first-order chi connectivity index (χ1) is 0.